The second-order valence-corrected chi connectivity index (χ2v) is 3.74. The number of nitrogens with one attached hydrogen (secondary N) is 1. The molecule has 0 spiro atoms. The van der Waals surface area contributed by atoms with E-state index in [-0.39, 0.29) is 11.6 Å². The fourth-order valence-corrected chi connectivity index (χ4v) is 1.38. The lowest BCUT2D eigenvalue weighted by atomic mass is 10.2. The Labute approximate surface area is 95.2 Å². The van der Waals surface area contributed by atoms with Crippen molar-refractivity contribution in [1.29, 1.82) is 0 Å². The van der Waals surface area contributed by atoms with Crippen molar-refractivity contribution in [3.63, 3.8) is 0 Å². The Morgan fingerprint density at radius 3 is 2.88 bits per heavy atom. The molecule has 0 bridgehead atoms. The first kappa shape index (κ1) is 12.9. The Balaban J connectivity index is 2.68. The Hall–Kier alpha value is -1.13. The topological polar surface area (TPSA) is 41.5 Å². The largest absolute Gasteiger partial charge is 0.490 e. The highest BCUT2D eigenvalue weighted by Gasteiger charge is 2.09. The molecule has 1 atom stereocenters. The van der Waals surface area contributed by atoms with E-state index >= 15 is 0 Å². The zero-order valence-electron chi connectivity index (χ0n) is 9.66. The Kier molecular flexibility index (Phi) is 5.22. The lowest BCUT2D eigenvalue weighted by Gasteiger charge is -2.12. The minimum absolute atomic E-state index is 0.275. The van der Waals surface area contributed by atoms with Crippen LogP contribution in [-0.4, -0.2) is 24.9 Å². The molecule has 0 amide bonds. The highest BCUT2D eigenvalue weighted by atomic mass is 19.1. The summed E-state index contributed by atoms with van der Waals surface area (Å²) in [5.74, 6) is -0.0872. The molecular weight excluding hydrogens is 209 g/mol. The quantitative estimate of drug-likeness (QED) is 0.777. The first-order chi connectivity index (χ1) is 7.65. The molecule has 0 aliphatic carbocycles. The van der Waals surface area contributed by atoms with Crippen LogP contribution in [0.5, 0.6) is 5.75 Å². The summed E-state index contributed by atoms with van der Waals surface area (Å²) in [4.78, 5) is 0. The molecule has 2 N–H and O–H groups in total. The van der Waals surface area contributed by atoms with Gasteiger partial charge in [-0.2, -0.15) is 0 Å². The third-order valence-corrected chi connectivity index (χ3v) is 2.20. The second-order valence-electron chi connectivity index (χ2n) is 3.74. The van der Waals surface area contributed by atoms with Crippen molar-refractivity contribution in [2.75, 3.05) is 13.7 Å². The van der Waals surface area contributed by atoms with Crippen molar-refractivity contribution < 1.29 is 14.2 Å². The summed E-state index contributed by atoms with van der Waals surface area (Å²) in [7, 11) is 1.80. The molecule has 90 valence electrons. The zero-order valence-corrected chi connectivity index (χ0v) is 9.66. The number of halogens is 1. The Morgan fingerprint density at radius 1 is 1.50 bits per heavy atom. The SMILES string of the molecule is CNCc1cccc(F)c1OCCC(C)O. The average molecular weight is 227 g/mol. The van der Waals surface area contributed by atoms with E-state index in [1.807, 2.05) is 6.07 Å². The molecule has 4 heteroatoms. The summed E-state index contributed by atoms with van der Waals surface area (Å²) < 4.78 is 18.8. The van der Waals surface area contributed by atoms with Crippen molar-refractivity contribution in [2.45, 2.75) is 26.0 Å². The monoisotopic (exact) mass is 227 g/mol. The van der Waals surface area contributed by atoms with Crippen LogP contribution < -0.4 is 10.1 Å². The average Bonchev–Trinajstić information content (AvgIpc) is 2.22. The first-order valence-electron chi connectivity index (χ1n) is 5.38. The van der Waals surface area contributed by atoms with Gasteiger partial charge in [0.05, 0.1) is 12.7 Å². The number of aliphatic hydroxyl groups excluding tert-OH is 1. The van der Waals surface area contributed by atoms with Crippen LogP contribution in [0, 0.1) is 5.82 Å². The number of para-hydroxylation sites is 1. The molecule has 0 heterocycles. The number of benzene rings is 1. The van der Waals surface area contributed by atoms with Crippen molar-refractivity contribution in [3.8, 4) is 5.75 Å². The smallest absolute Gasteiger partial charge is 0.165 e. The molecule has 0 radical (unpaired) electrons. The third kappa shape index (κ3) is 3.79. The molecule has 0 aromatic heterocycles. The summed E-state index contributed by atoms with van der Waals surface area (Å²) in [6.07, 6.45) is 0.0624. The normalized spacial score (nSPS) is 12.5. The third-order valence-electron chi connectivity index (χ3n) is 2.20. The molecule has 1 aromatic carbocycles. The molecule has 0 aliphatic rings. The number of aliphatic hydroxyl groups is 1. The molecule has 3 nitrogen and oxygen atoms in total. The van der Waals surface area contributed by atoms with E-state index in [9.17, 15) is 4.39 Å². The zero-order chi connectivity index (χ0) is 12.0. The summed E-state index contributed by atoms with van der Waals surface area (Å²) in [6.45, 7) is 2.55. The molecule has 16 heavy (non-hydrogen) atoms. The minimum atomic E-state index is -0.431. The number of rotatable bonds is 6. The highest BCUT2D eigenvalue weighted by Crippen LogP contribution is 2.22. The number of ether oxygens (including phenoxy) is 1. The molecule has 0 aliphatic heterocycles. The van der Waals surface area contributed by atoms with E-state index < -0.39 is 6.10 Å². The van der Waals surface area contributed by atoms with Crippen LogP contribution in [0.1, 0.15) is 18.9 Å². The van der Waals surface area contributed by atoms with E-state index in [4.69, 9.17) is 9.84 Å². The van der Waals surface area contributed by atoms with Gasteiger partial charge in [0, 0.05) is 18.5 Å². The first-order valence-corrected chi connectivity index (χ1v) is 5.38. The Bertz CT molecular complexity index is 329. The van der Waals surface area contributed by atoms with Crippen molar-refractivity contribution in [2.24, 2.45) is 0 Å². The maximum atomic E-state index is 13.5. The number of hydrogen-bond acceptors (Lipinski definition) is 3. The fourth-order valence-electron chi connectivity index (χ4n) is 1.38. The highest BCUT2D eigenvalue weighted by molar-refractivity contribution is 5.34. The summed E-state index contributed by atoms with van der Waals surface area (Å²) in [5.41, 5.74) is 0.785. The van der Waals surface area contributed by atoms with E-state index in [1.165, 1.54) is 6.07 Å². The molecule has 0 fully saturated rings. The molecular formula is C12H18FNO2. The molecule has 0 saturated carbocycles. The van der Waals surface area contributed by atoms with Crippen LogP contribution in [0.15, 0.2) is 18.2 Å². The molecule has 1 unspecified atom stereocenters. The van der Waals surface area contributed by atoms with Crippen LogP contribution in [0.4, 0.5) is 4.39 Å². The van der Waals surface area contributed by atoms with Crippen LogP contribution in [0.2, 0.25) is 0 Å². The predicted octanol–water partition coefficient (Wildman–Crippen LogP) is 1.69. The van der Waals surface area contributed by atoms with E-state index in [2.05, 4.69) is 5.32 Å². The van der Waals surface area contributed by atoms with Gasteiger partial charge in [-0.05, 0) is 20.0 Å². The second kappa shape index (κ2) is 6.45. The standard InChI is InChI=1S/C12H18FNO2/c1-9(15)6-7-16-12-10(8-14-2)4-3-5-11(12)13/h3-5,9,14-15H,6-8H2,1-2H3. The van der Waals surface area contributed by atoms with Gasteiger partial charge in [0.2, 0.25) is 0 Å². The van der Waals surface area contributed by atoms with Gasteiger partial charge in [-0.1, -0.05) is 12.1 Å². The van der Waals surface area contributed by atoms with Crippen LogP contribution in [0.25, 0.3) is 0 Å². The lowest BCUT2D eigenvalue weighted by Crippen LogP contribution is -2.12. The van der Waals surface area contributed by atoms with E-state index in [0.29, 0.717) is 19.6 Å². The number of hydrogen-bond donors (Lipinski definition) is 2. The maximum absolute atomic E-state index is 13.5. The van der Waals surface area contributed by atoms with Crippen molar-refractivity contribution >= 4 is 0 Å². The van der Waals surface area contributed by atoms with E-state index in [0.717, 1.165) is 5.56 Å². The maximum Gasteiger partial charge on any atom is 0.165 e. The van der Waals surface area contributed by atoms with Gasteiger partial charge >= 0.3 is 0 Å². The van der Waals surface area contributed by atoms with Crippen molar-refractivity contribution in [1.82, 2.24) is 5.32 Å². The van der Waals surface area contributed by atoms with Gasteiger partial charge in [-0.3, -0.25) is 0 Å². The van der Waals surface area contributed by atoms with Crippen molar-refractivity contribution in [3.05, 3.63) is 29.6 Å². The lowest BCUT2D eigenvalue weighted by molar-refractivity contribution is 0.153. The van der Waals surface area contributed by atoms with E-state index in [1.54, 1.807) is 20.0 Å². The van der Waals surface area contributed by atoms with Gasteiger partial charge in [0.25, 0.3) is 0 Å². The minimum Gasteiger partial charge on any atom is -0.490 e. The van der Waals surface area contributed by atoms with Crippen LogP contribution in [0.3, 0.4) is 0 Å². The molecule has 1 rings (SSSR count). The van der Waals surface area contributed by atoms with Gasteiger partial charge in [-0.15, -0.1) is 0 Å². The fraction of sp³-hybridized carbons (Fsp3) is 0.500. The predicted molar refractivity (Wildman–Crippen MR) is 61.0 cm³/mol. The Morgan fingerprint density at radius 2 is 2.25 bits per heavy atom. The summed E-state index contributed by atoms with van der Waals surface area (Å²) >= 11 is 0. The van der Waals surface area contributed by atoms with Crippen LogP contribution >= 0.6 is 0 Å². The van der Waals surface area contributed by atoms with Gasteiger partial charge in [0.15, 0.2) is 11.6 Å². The van der Waals surface area contributed by atoms with Crippen LogP contribution in [-0.2, 0) is 6.54 Å². The summed E-state index contributed by atoms with van der Waals surface area (Å²) in [6, 6.07) is 4.84. The van der Waals surface area contributed by atoms with Gasteiger partial charge in [0.1, 0.15) is 0 Å². The molecule has 1 aromatic rings. The summed E-state index contributed by atoms with van der Waals surface area (Å²) in [5, 5.41) is 12.0. The molecule has 0 saturated heterocycles. The van der Waals surface area contributed by atoms with Gasteiger partial charge in [-0.25, -0.2) is 4.39 Å². The van der Waals surface area contributed by atoms with Gasteiger partial charge < -0.3 is 15.2 Å².